The molecule has 0 aliphatic heterocycles. The van der Waals surface area contributed by atoms with E-state index >= 15 is 0 Å². The molecule has 1 aliphatic carbocycles. The number of carbonyl (C=O) groups is 1. The van der Waals surface area contributed by atoms with Crippen molar-refractivity contribution in [2.24, 2.45) is 0 Å². The van der Waals surface area contributed by atoms with Crippen LogP contribution in [-0.4, -0.2) is 16.1 Å². The molecular formula is C17H16N2O4. The lowest BCUT2D eigenvalue weighted by Crippen LogP contribution is -2.07. The number of ether oxygens (including phenoxy) is 1. The highest BCUT2D eigenvalue weighted by molar-refractivity contribution is 6.03. The number of esters is 1. The topological polar surface area (TPSA) is 78.4 Å². The zero-order valence-corrected chi connectivity index (χ0v) is 13.0. The van der Waals surface area contributed by atoms with Crippen LogP contribution in [0.25, 0.3) is 11.1 Å². The number of furan rings is 1. The molecule has 0 N–H and O–H groups in total. The lowest BCUT2D eigenvalue weighted by molar-refractivity contribution is 0.0466. The first-order valence-electron chi connectivity index (χ1n) is 7.60. The highest BCUT2D eigenvalue weighted by atomic mass is 16.5. The van der Waals surface area contributed by atoms with Gasteiger partial charge in [0.1, 0.15) is 18.1 Å². The van der Waals surface area contributed by atoms with E-state index in [1.165, 1.54) is 0 Å². The van der Waals surface area contributed by atoms with Crippen LogP contribution in [-0.2, 0) is 11.3 Å². The summed E-state index contributed by atoms with van der Waals surface area (Å²) < 4.78 is 15.8. The first-order chi connectivity index (χ1) is 11.1. The molecule has 23 heavy (non-hydrogen) atoms. The SMILES string of the molecule is Cc1cc(COC(=O)c2cc(C3CC3)nc3occ(C)c23)no1. The Bertz CT molecular complexity index is 889. The average Bonchev–Trinajstić information content (AvgIpc) is 3.22. The summed E-state index contributed by atoms with van der Waals surface area (Å²) >= 11 is 0. The highest BCUT2D eigenvalue weighted by Crippen LogP contribution is 2.40. The monoisotopic (exact) mass is 312 g/mol. The van der Waals surface area contributed by atoms with E-state index in [1.54, 1.807) is 19.3 Å². The summed E-state index contributed by atoms with van der Waals surface area (Å²) in [5.74, 6) is 0.711. The van der Waals surface area contributed by atoms with Gasteiger partial charge in [-0.05, 0) is 38.3 Å². The summed E-state index contributed by atoms with van der Waals surface area (Å²) in [7, 11) is 0. The Hall–Kier alpha value is -2.63. The second-order valence-corrected chi connectivity index (χ2v) is 5.97. The van der Waals surface area contributed by atoms with E-state index in [0.717, 1.165) is 29.5 Å². The van der Waals surface area contributed by atoms with Crippen molar-refractivity contribution < 1.29 is 18.5 Å². The second-order valence-electron chi connectivity index (χ2n) is 5.97. The van der Waals surface area contributed by atoms with Crippen molar-refractivity contribution in [1.82, 2.24) is 10.1 Å². The lowest BCUT2D eigenvalue weighted by Gasteiger charge is -2.06. The Morgan fingerprint density at radius 2 is 2.17 bits per heavy atom. The third-order valence-corrected chi connectivity index (χ3v) is 3.99. The number of hydrogen-bond donors (Lipinski definition) is 0. The summed E-state index contributed by atoms with van der Waals surface area (Å²) in [6.07, 6.45) is 3.82. The van der Waals surface area contributed by atoms with Gasteiger partial charge in [0.15, 0.2) is 0 Å². The van der Waals surface area contributed by atoms with Gasteiger partial charge in [-0.3, -0.25) is 0 Å². The van der Waals surface area contributed by atoms with E-state index in [2.05, 4.69) is 10.1 Å². The zero-order valence-electron chi connectivity index (χ0n) is 13.0. The Morgan fingerprint density at radius 1 is 1.35 bits per heavy atom. The summed E-state index contributed by atoms with van der Waals surface area (Å²) in [6, 6.07) is 3.58. The Kier molecular flexibility index (Phi) is 3.18. The van der Waals surface area contributed by atoms with Crippen LogP contribution in [0.3, 0.4) is 0 Å². The molecule has 118 valence electrons. The summed E-state index contributed by atoms with van der Waals surface area (Å²) in [6.45, 7) is 3.76. The molecule has 0 atom stereocenters. The predicted octanol–water partition coefficient (Wildman–Crippen LogP) is 3.67. The number of carbonyl (C=O) groups excluding carboxylic acids is 1. The Balaban J connectivity index is 1.65. The average molecular weight is 312 g/mol. The first-order valence-corrected chi connectivity index (χ1v) is 7.60. The van der Waals surface area contributed by atoms with Crippen LogP contribution in [0.2, 0.25) is 0 Å². The number of rotatable bonds is 4. The largest absolute Gasteiger partial charge is 0.455 e. The van der Waals surface area contributed by atoms with Crippen LogP contribution >= 0.6 is 0 Å². The maximum absolute atomic E-state index is 12.5. The summed E-state index contributed by atoms with van der Waals surface area (Å²) in [5.41, 5.74) is 3.36. The fourth-order valence-electron chi connectivity index (χ4n) is 2.66. The first kappa shape index (κ1) is 14.0. The van der Waals surface area contributed by atoms with Gasteiger partial charge in [-0.1, -0.05) is 5.16 Å². The van der Waals surface area contributed by atoms with Gasteiger partial charge in [-0.25, -0.2) is 9.78 Å². The number of fused-ring (bicyclic) bond motifs is 1. The van der Waals surface area contributed by atoms with Gasteiger partial charge in [0.05, 0.1) is 17.2 Å². The minimum absolute atomic E-state index is 0.0790. The fraction of sp³-hybridized carbons (Fsp3) is 0.353. The molecule has 1 fully saturated rings. The van der Waals surface area contributed by atoms with Gasteiger partial charge in [-0.2, -0.15) is 0 Å². The van der Waals surface area contributed by atoms with Crippen molar-refractivity contribution in [3.63, 3.8) is 0 Å². The van der Waals surface area contributed by atoms with Crippen molar-refractivity contribution in [2.45, 2.75) is 39.2 Å². The van der Waals surface area contributed by atoms with Crippen molar-refractivity contribution in [3.8, 4) is 0 Å². The van der Waals surface area contributed by atoms with Crippen LogP contribution < -0.4 is 0 Å². The van der Waals surface area contributed by atoms with E-state index in [4.69, 9.17) is 13.7 Å². The van der Waals surface area contributed by atoms with Crippen molar-refractivity contribution >= 4 is 17.1 Å². The molecule has 0 radical (unpaired) electrons. The van der Waals surface area contributed by atoms with Crippen molar-refractivity contribution in [2.75, 3.05) is 0 Å². The number of hydrogen-bond acceptors (Lipinski definition) is 6. The predicted molar refractivity (Wildman–Crippen MR) is 81.1 cm³/mol. The third kappa shape index (κ3) is 2.60. The minimum Gasteiger partial charge on any atom is -0.455 e. The van der Waals surface area contributed by atoms with Crippen LogP contribution in [0.4, 0.5) is 0 Å². The molecule has 1 aliphatic rings. The maximum atomic E-state index is 12.5. The van der Waals surface area contributed by atoms with Crippen molar-refractivity contribution in [3.05, 3.63) is 46.7 Å². The maximum Gasteiger partial charge on any atom is 0.339 e. The lowest BCUT2D eigenvalue weighted by atomic mass is 10.1. The smallest absolute Gasteiger partial charge is 0.339 e. The molecule has 0 aromatic carbocycles. The van der Waals surface area contributed by atoms with Crippen molar-refractivity contribution in [1.29, 1.82) is 0 Å². The van der Waals surface area contributed by atoms with Crippen LogP contribution in [0, 0.1) is 13.8 Å². The standard InChI is InChI=1S/C17H16N2O4/c1-9-7-21-16-15(9)13(6-14(18-16)11-3-4-11)17(20)22-8-12-5-10(2)23-19-12/h5-7,11H,3-4,8H2,1-2H3. The van der Waals surface area contributed by atoms with Gasteiger partial charge >= 0.3 is 5.97 Å². The van der Waals surface area contributed by atoms with E-state index in [9.17, 15) is 4.79 Å². The van der Waals surface area contributed by atoms with Gasteiger partial charge < -0.3 is 13.7 Å². The molecule has 4 rings (SSSR count). The van der Waals surface area contributed by atoms with Crippen LogP contribution in [0.15, 0.2) is 27.3 Å². The normalized spacial score (nSPS) is 14.3. The third-order valence-electron chi connectivity index (χ3n) is 3.99. The number of nitrogens with zero attached hydrogens (tertiary/aromatic N) is 2. The molecule has 3 aromatic rings. The molecular weight excluding hydrogens is 296 g/mol. The Morgan fingerprint density at radius 3 is 2.87 bits per heavy atom. The molecule has 0 bridgehead atoms. The number of aromatic nitrogens is 2. The highest BCUT2D eigenvalue weighted by Gasteiger charge is 2.28. The van der Waals surface area contributed by atoms with Crippen LogP contribution in [0.1, 0.15) is 51.8 Å². The van der Waals surface area contributed by atoms with E-state index in [0.29, 0.717) is 28.6 Å². The van der Waals surface area contributed by atoms with Gasteiger partial charge in [0.25, 0.3) is 0 Å². The summed E-state index contributed by atoms with van der Waals surface area (Å²) in [5, 5.41) is 4.54. The van der Waals surface area contributed by atoms with Gasteiger partial charge in [0.2, 0.25) is 5.71 Å². The molecule has 3 heterocycles. The molecule has 0 saturated heterocycles. The molecule has 0 unspecified atom stereocenters. The molecule has 0 amide bonds. The van der Waals surface area contributed by atoms with E-state index in [-0.39, 0.29) is 6.61 Å². The zero-order chi connectivity index (χ0) is 16.0. The molecule has 1 saturated carbocycles. The van der Waals surface area contributed by atoms with E-state index in [1.807, 2.05) is 13.0 Å². The number of pyridine rings is 1. The molecule has 6 nitrogen and oxygen atoms in total. The van der Waals surface area contributed by atoms with Gasteiger partial charge in [0, 0.05) is 17.7 Å². The second kappa shape index (κ2) is 5.22. The number of aryl methyl sites for hydroxylation is 2. The minimum atomic E-state index is -0.399. The molecule has 3 aromatic heterocycles. The van der Waals surface area contributed by atoms with Gasteiger partial charge in [-0.15, -0.1) is 0 Å². The molecule has 0 spiro atoms. The fourth-order valence-corrected chi connectivity index (χ4v) is 2.66. The van der Waals surface area contributed by atoms with Crippen LogP contribution in [0.5, 0.6) is 0 Å². The van der Waals surface area contributed by atoms with E-state index < -0.39 is 5.97 Å². The quantitative estimate of drug-likeness (QED) is 0.684. The molecule has 6 heteroatoms. The summed E-state index contributed by atoms with van der Waals surface area (Å²) in [4.78, 5) is 17.1. The Labute approximate surface area is 132 Å².